The van der Waals surface area contributed by atoms with Crippen LogP contribution < -0.4 is 0 Å². The number of esters is 1. The first kappa shape index (κ1) is 14.9. The Morgan fingerprint density at radius 3 is 2.50 bits per heavy atom. The Hall–Kier alpha value is -1.07. The van der Waals surface area contributed by atoms with Crippen LogP contribution in [0.4, 0.5) is 0 Å². The zero-order valence-electron chi connectivity index (χ0n) is 10.2. The van der Waals surface area contributed by atoms with Crippen molar-refractivity contribution in [3.63, 3.8) is 0 Å². The molecule has 0 bridgehead atoms. The minimum atomic E-state index is -0.567. The Balaban J connectivity index is 3.65. The van der Waals surface area contributed by atoms with E-state index in [0.29, 0.717) is 26.4 Å². The number of carbonyl (C=O) groups excluding carboxylic acids is 1. The van der Waals surface area contributed by atoms with E-state index in [1.54, 1.807) is 13.8 Å². The highest BCUT2D eigenvalue weighted by molar-refractivity contribution is 5.85. The van der Waals surface area contributed by atoms with Crippen molar-refractivity contribution < 1.29 is 23.7 Å². The number of ether oxygens (including phenoxy) is 4. The molecule has 0 aromatic carbocycles. The normalized spacial score (nSPS) is 11.9. The molecule has 0 aromatic rings. The summed E-state index contributed by atoms with van der Waals surface area (Å²) in [6, 6.07) is 0. The van der Waals surface area contributed by atoms with Gasteiger partial charge in [-0.25, -0.2) is 4.79 Å². The van der Waals surface area contributed by atoms with E-state index >= 15 is 0 Å². The molecular formula is C11H20O5. The lowest BCUT2D eigenvalue weighted by molar-refractivity contribution is -0.155. The van der Waals surface area contributed by atoms with E-state index in [0.717, 1.165) is 0 Å². The van der Waals surface area contributed by atoms with Crippen molar-refractivity contribution in [1.29, 1.82) is 0 Å². The van der Waals surface area contributed by atoms with Gasteiger partial charge < -0.3 is 18.9 Å². The minimum absolute atomic E-state index is 0.0502. The first-order valence-corrected chi connectivity index (χ1v) is 5.33. The van der Waals surface area contributed by atoms with Gasteiger partial charge in [-0.3, -0.25) is 0 Å². The second-order valence-corrected chi connectivity index (χ2v) is 2.90. The molecule has 0 aromatic heterocycles. The molecule has 0 amide bonds. The van der Waals surface area contributed by atoms with Gasteiger partial charge in [0.25, 0.3) is 0 Å². The Kier molecular flexibility index (Phi) is 8.56. The molecule has 1 unspecified atom stereocenters. The SMILES string of the molecule is C=C(OC(C)OCCOCC)C(=O)OCC. The van der Waals surface area contributed by atoms with E-state index in [2.05, 4.69) is 6.58 Å². The summed E-state index contributed by atoms with van der Waals surface area (Å²) in [6.45, 7) is 10.6. The topological polar surface area (TPSA) is 54.0 Å². The van der Waals surface area contributed by atoms with E-state index in [4.69, 9.17) is 18.9 Å². The predicted octanol–water partition coefficient (Wildman–Crippen LogP) is 1.48. The molecule has 0 saturated heterocycles. The molecule has 5 nitrogen and oxygen atoms in total. The third kappa shape index (κ3) is 7.25. The summed E-state index contributed by atoms with van der Waals surface area (Å²) in [7, 11) is 0. The Bertz CT molecular complexity index is 214. The second-order valence-electron chi connectivity index (χ2n) is 2.90. The van der Waals surface area contributed by atoms with Gasteiger partial charge in [-0.1, -0.05) is 0 Å². The third-order valence-corrected chi connectivity index (χ3v) is 1.60. The van der Waals surface area contributed by atoms with Crippen molar-refractivity contribution in [3.8, 4) is 0 Å². The molecule has 0 rings (SSSR count). The molecule has 16 heavy (non-hydrogen) atoms. The molecule has 0 aliphatic heterocycles. The molecular weight excluding hydrogens is 212 g/mol. The lowest BCUT2D eigenvalue weighted by Gasteiger charge is -2.15. The van der Waals surface area contributed by atoms with Crippen LogP contribution in [0.1, 0.15) is 20.8 Å². The summed E-state index contributed by atoms with van der Waals surface area (Å²) in [6.07, 6.45) is -0.544. The largest absolute Gasteiger partial charge is 0.460 e. The first-order chi connectivity index (χ1) is 7.61. The highest BCUT2D eigenvalue weighted by atomic mass is 16.7. The minimum Gasteiger partial charge on any atom is -0.460 e. The summed E-state index contributed by atoms with van der Waals surface area (Å²) < 4.78 is 20.1. The van der Waals surface area contributed by atoms with Gasteiger partial charge in [0, 0.05) is 6.61 Å². The number of hydrogen-bond acceptors (Lipinski definition) is 5. The summed E-state index contributed by atoms with van der Waals surface area (Å²) in [5.41, 5.74) is 0. The van der Waals surface area contributed by atoms with Crippen molar-refractivity contribution in [2.24, 2.45) is 0 Å². The lowest BCUT2D eigenvalue weighted by Crippen LogP contribution is -2.19. The van der Waals surface area contributed by atoms with E-state index < -0.39 is 12.3 Å². The smallest absolute Gasteiger partial charge is 0.373 e. The number of rotatable bonds is 9. The zero-order valence-corrected chi connectivity index (χ0v) is 10.2. The molecule has 1 atom stereocenters. The summed E-state index contributed by atoms with van der Waals surface area (Å²) in [5.74, 6) is -0.617. The van der Waals surface area contributed by atoms with Gasteiger partial charge in [0.05, 0.1) is 19.8 Å². The number of carbonyl (C=O) groups is 1. The van der Waals surface area contributed by atoms with Gasteiger partial charge in [0.2, 0.25) is 0 Å². The van der Waals surface area contributed by atoms with Crippen LogP contribution in [0.15, 0.2) is 12.3 Å². The Morgan fingerprint density at radius 2 is 1.94 bits per heavy atom. The fraction of sp³-hybridized carbons (Fsp3) is 0.727. The molecule has 5 heteroatoms. The number of hydrogen-bond donors (Lipinski definition) is 0. The van der Waals surface area contributed by atoms with E-state index in [9.17, 15) is 4.79 Å². The molecule has 0 fully saturated rings. The molecule has 0 aliphatic rings. The van der Waals surface area contributed by atoms with Gasteiger partial charge >= 0.3 is 5.97 Å². The summed E-state index contributed by atoms with van der Waals surface area (Å²) in [4.78, 5) is 11.1. The van der Waals surface area contributed by atoms with Gasteiger partial charge in [-0.2, -0.15) is 0 Å². The average molecular weight is 232 g/mol. The van der Waals surface area contributed by atoms with E-state index in [1.807, 2.05) is 6.92 Å². The van der Waals surface area contributed by atoms with Crippen molar-refractivity contribution >= 4 is 5.97 Å². The van der Waals surface area contributed by atoms with Crippen molar-refractivity contribution in [3.05, 3.63) is 12.3 Å². The first-order valence-electron chi connectivity index (χ1n) is 5.33. The monoisotopic (exact) mass is 232 g/mol. The highest BCUT2D eigenvalue weighted by Crippen LogP contribution is 2.04. The molecule has 94 valence electrons. The Morgan fingerprint density at radius 1 is 1.25 bits per heavy atom. The Labute approximate surface area is 96.3 Å². The van der Waals surface area contributed by atoms with Crippen LogP contribution in [-0.2, 0) is 23.7 Å². The molecule has 0 radical (unpaired) electrons. The molecule has 0 spiro atoms. The third-order valence-electron chi connectivity index (χ3n) is 1.60. The second kappa shape index (κ2) is 9.18. The van der Waals surface area contributed by atoms with Crippen LogP contribution in [-0.4, -0.2) is 38.7 Å². The summed E-state index contributed by atoms with van der Waals surface area (Å²) >= 11 is 0. The van der Waals surface area contributed by atoms with Crippen LogP contribution in [0.25, 0.3) is 0 Å². The standard InChI is InChI=1S/C11H20O5/c1-5-13-7-8-15-10(4)16-9(3)11(12)14-6-2/h10H,3,5-8H2,1-2,4H3. The maximum atomic E-state index is 11.1. The van der Waals surface area contributed by atoms with Gasteiger partial charge in [0.15, 0.2) is 12.0 Å². The van der Waals surface area contributed by atoms with Gasteiger partial charge in [-0.05, 0) is 27.4 Å². The fourth-order valence-corrected chi connectivity index (χ4v) is 0.911. The molecule has 0 aliphatic carbocycles. The van der Waals surface area contributed by atoms with Crippen LogP contribution >= 0.6 is 0 Å². The van der Waals surface area contributed by atoms with E-state index in [-0.39, 0.29) is 5.76 Å². The van der Waals surface area contributed by atoms with Crippen LogP contribution in [0.5, 0.6) is 0 Å². The van der Waals surface area contributed by atoms with Crippen LogP contribution in [0.2, 0.25) is 0 Å². The van der Waals surface area contributed by atoms with Crippen LogP contribution in [0, 0.1) is 0 Å². The molecule has 0 saturated carbocycles. The predicted molar refractivity (Wildman–Crippen MR) is 58.8 cm³/mol. The lowest BCUT2D eigenvalue weighted by atomic mass is 10.5. The maximum Gasteiger partial charge on any atom is 0.373 e. The van der Waals surface area contributed by atoms with E-state index in [1.165, 1.54) is 0 Å². The molecule has 0 N–H and O–H groups in total. The summed E-state index contributed by atoms with van der Waals surface area (Å²) in [5, 5.41) is 0. The van der Waals surface area contributed by atoms with Gasteiger partial charge in [0.1, 0.15) is 0 Å². The van der Waals surface area contributed by atoms with Crippen LogP contribution in [0.3, 0.4) is 0 Å². The van der Waals surface area contributed by atoms with Crippen molar-refractivity contribution in [2.45, 2.75) is 27.1 Å². The quantitative estimate of drug-likeness (QED) is 0.198. The fourth-order valence-electron chi connectivity index (χ4n) is 0.911. The maximum absolute atomic E-state index is 11.1. The van der Waals surface area contributed by atoms with Crippen molar-refractivity contribution in [1.82, 2.24) is 0 Å². The van der Waals surface area contributed by atoms with Gasteiger partial charge in [-0.15, -0.1) is 0 Å². The zero-order chi connectivity index (χ0) is 12.4. The average Bonchev–Trinajstić information content (AvgIpc) is 2.24. The van der Waals surface area contributed by atoms with Crippen molar-refractivity contribution in [2.75, 3.05) is 26.4 Å². The highest BCUT2D eigenvalue weighted by Gasteiger charge is 2.12. The molecule has 0 heterocycles.